The van der Waals surface area contributed by atoms with Gasteiger partial charge in [0.2, 0.25) is 5.95 Å². The molecule has 2 aromatic heterocycles. The van der Waals surface area contributed by atoms with E-state index in [2.05, 4.69) is 44.4 Å². The highest BCUT2D eigenvalue weighted by Crippen LogP contribution is 2.31. The number of fused-ring (bicyclic) bond motifs is 1. The minimum atomic E-state index is 0.127. The molecule has 1 saturated heterocycles. The monoisotopic (exact) mass is 362 g/mol. The number of likely N-dealkylation sites (N-methyl/N-ethyl adjacent to an activating group) is 1. The molecule has 0 bridgehead atoms. The highest BCUT2D eigenvalue weighted by Gasteiger charge is 2.20. The number of aromatic nitrogens is 4. The lowest BCUT2D eigenvalue weighted by molar-refractivity contribution is 0.260. The Labute approximate surface area is 158 Å². The highest BCUT2D eigenvalue weighted by molar-refractivity contribution is 5.81. The van der Waals surface area contributed by atoms with Crippen LogP contribution < -0.4 is 5.32 Å². The molecule has 0 radical (unpaired) electrons. The Morgan fingerprint density at radius 2 is 2.15 bits per heavy atom. The zero-order chi connectivity index (χ0) is 18.8. The van der Waals surface area contributed by atoms with Crippen LogP contribution >= 0.6 is 0 Å². The summed E-state index contributed by atoms with van der Waals surface area (Å²) in [4.78, 5) is 2.31. The molecule has 1 atom stereocenters. The third-order valence-electron chi connectivity index (χ3n) is 4.81. The summed E-state index contributed by atoms with van der Waals surface area (Å²) in [6.45, 7) is 3.85. The van der Waals surface area contributed by atoms with E-state index in [1.807, 2.05) is 18.2 Å². The van der Waals surface area contributed by atoms with Gasteiger partial charge in [0.05, 0.1) is 11.7 Å². The first kappa shape index (κ1) is 17.3. The molecule has 2 N–H and O–H groups in total. The lowest BCUT2D eigenvalue weighted by atomic mass is 10.1. The van der Waals surface area contributed by atoms with Crippen LogP contribution in [0.15, 0.2) is 30.5 Å². The third kappa shape index (κ3) is 3.44. The maximum atomic E-state index is 10.4. The Morgan fingerprint density at radius 3 is 2.93 bits per heavy atom. The van der Waals surface area contributed by atoms with Crippen LogP contribution in [0, 0.1) is 11.8 Å². The molecule has 138 valence electrons. The van der Waals surface area contributed by atoms with Crippen molar-refractivity contribution in [1.29, 1.82) is 0 Å². The number of piperidine rings is 1. The Bertz CT molecular complexity index is 1030. The molecule has 7 nitrogen and oxygen atoms in total. The lowest BCUT2D eigenvalue weighted by Crippen LogP contribution is -2.40. The predicted molar refractivity (Wildman–Crippen MR) is 105 cm³/mol. The van der Waals surface area contributed by atoms with Crippen LogP contribution in [0.4, 0.5) is 5.95 Å². The molecular weight excluding hydrogens is 340 g/mol. The van der Waals surface area contributed by atoms with Gasteiger partial charge < -0.3 is 15.3 Å². The number of nitrogens with zero attached hydrogens (tertiary/aromatic N) is 5. The van der Waals surface area contributed by atoms with Gasteiger partial charge in [-0.15, -0.1) is 16.1 Å². The van der Waals surface area contributed by atoms with Gasteiger partial charge in [-0.05, 0) is 57.6 Å². The van der Waals surface area contributed by atoms with Crippen LogP contribution in [0.3, 0.4) is 0 Å². The highest BCUT2D eigenvalue weighted by atomic mass is 16.3. The minimum absolute atomic E-state index is 0.127. The molecular formula is C20H22N6O. The van der Waals surface area contributed by atoms with E-state index < -0.39 is 0 Å². The number of rotatable bonds is 3. The minimum Gasteiger partial charge on any atom is -0.507 e. The molecule has 0 spiro atoms. The van der Waals surface area contributed by atoms with Crippen LogP contribution in [-0.2, 0) is 0 Å². The van der Waals surface area contributed by atoms with Gasteiger partial charge in [-0.25, -0.2) is 0 Å². The summed E-state index contributed by atoms with van der Waals surface area (Å²) in [5.74, 6) is 6.51. The molecule has 1 aliphatic heterocycles. The Kier molecular flexibility index (Phi) is 4.65. The average Bonchev–Trinajstić information content (AvgIpc) is 3.13. The van der Waals surface area contributed by atoms with Crippen LogP contribution in [0.5, 0.6) is 5.75 Å². The molecule has 0 amide bonds. The Balaban J connectivity index is 1.70. The summed E-state index contributed by atoms with van der Waals surface area (Å²) in [6, 6.07) is 7.52. The molecule has 3 aromatic rings. The summed E-state index contributed by atoms with van der Waals surface area (Å²) in [5.41, 5.74) is 2.75. The summed E-state index contributed by atoms with van der Waals surface area (Å²) < 4.78 is 1.75. The van der Waals surface area contributed by atoms with Gasteiger partial charge in [0, 0.05) is 23.7 Å². The molecule has 0 unspecified atom stereocenters. The number of anilines is 1. The van der Waals surface area contributed by atoms with Gasteiger partial charge in [-0.1, -0.05) is 5.92 Å². The van der Waals surface area contributed by atoms with Crippen molar-refractivity contribution in [3.63, 3.8) is 0 Å². The first-order chi connectivity index (χ1) is 13.2. The molecule has 1 aliphatic rings. The van der Waals surface area contributed by atoms with Crippen molar-refractivity contribution in [2.24, 2.45) is 0 Å². The van der Waals surface area contributed by atoms with E-state index in [0.717, 1.165) is 37.0 Å². The quantitative estimate of drug-likeness (QED) is 0.697. The fourth-order valence-electron chi connectivity index (χ4n) is 3.55. The summed E-state index contributed by atoms with van der Waals surface area (Å²) >= 11 is 0. The van der Waals surface area contributed by atoms with Gasteiger partial charge in [-0.2, -0.15) is 9.61 Å². The summed E-state index contributed by atoms with van der Waals surface area (Å²) in [5, 5.41) is 27.0. The number of phenols is 1. The van der Waals surface area contributed by atoms with Crippen LogP contribution in [0.25, 0.3) is 16.8 Å². The molecule has 0 aliphatic carbocycles. The van der Waals surface area contributed by atoms with Crippen molar-refractivity contribution >= 4 is 11.5 Å². The van der Waals surface area contributed by atoms with E-state index in [1.54, 1.807) is 23.7 Å². The van der Waals surface area contributed by atoms with Gasteiger partial charge in [0.25, 0.3) is 0 Å². The maximum absolute atomic E-state index is 10.4. The normalized spacial score (nSPS) is 17.5. The van der Waals surface area contributed by atoms with Crippen LogP contribution in [0.2, 0.25) is 0 Å². The third-order valence-corrected chi connectivity index (χ3v) is 4.81. The number of hydrogen-bond donors (Lipinski definition) is 2. The average molecular weight is 362 g/mol. The number of likely N-dealkylation sites (tertiary alicyclic amines) is 1. The number of phenolic OH excluding ortho intramolecular Hbond substituents is 1. The molecule has 1 aromatic carbocycles. The van der Waals surface area contributed by atoms with E-state index in [9.17, 15) is 5.11 Å². The van der Waals surface area contributed by atoms with Crippen molar-refractivity contribution < 1.29 is 5.11 Å². The van der Waals surface area contributed by atoms with Crippen molar-refractivity contribution in [2.75, 3.05) is 25.5 Å². The van der Waals surface area contributed by atoms with Gasteiger partial charge in [0.1, 0.15) is 11.4 Å². The topological polar surface area (TPSA) is 78.6 Å². The lowest BCUT2D eigenvalue weighted by Gasteiger charge is -2.30. The second-order valence-electron chi connectivity index (χ2n) is 6.85. The summed E-state index contributed by atoms with van der Waals surface area (Å²) in [7, 11) is 2.13. The van der Waals surface area contributed by atoms with Crippen molar-refractivity contribution in [2.45, 2.75) is 25.8 Å². The van der Waals surface area contributed by atoms with Crippen LogP contribution in [-0.4, -0.2) is 56.0 Å². The molecule has 1 fully saturated rings. The van der Waals surface area contributed by atoms with E-state index in [0.29, 0.717) is 23.2 Å². The second-order valence-corrected chi connectivity index (χ2v) is 6.85. The maximum Gasteiger partial charge on any atom is 0.244 e. The number of hydrogen-bond acceptors (Lipinski definition) is 6. The van der Waals surface area contributed by atoms with Gasteiger partial charge in [-0.3, -0.25) is 0 Å². The first-order valence-electron chi connectivity index (χ1n) is 9.07. The van der Waals surface area contributed by atoms with Crippen molar-refractivity contribution in [3.05, 3.63) is 36.0 Å². The zero-order valence-electron chi connectivity index (χ0n) is 15.5. The molecule has 0 saturated carbocycles. The van der Waals surface area contributed by atoms with Gasteiger partial charge >= 0.3 is 0 Å². The number of aromatic hydroxyl groups is 1. The number of nitrogens with one attached hydrogen (secondary N) is 1. The largest absolute Gasteiger partial charge is 0.507 e. The molecule has 3 heterocycles. The fourth-order valence-corrected chi connectivity index (χ4v) is 3.55. The Morgan fingerprint density at radius 1 is 1.26 bits per heavy atom. The zero-order valence-corrected chi connectivity index (χ0v) is 15.5. The number of benzene rings is 1. The van der Waals surface area contributed by atoms with Crippen molar-refractivity contribution in [1.82, 2.24) is 24.7 Å². The molecule has 4 rings (SSSR count). The molecule has 7 heteroatoms. The predicted octanol–water partition coefficient (Wildman–Crippen LogP) is 2.37. The molecule has 27 heavy (non-hydrogen) atoms. The first-order valence-corrected chi connectivity index (χ1v) is 9.07. The van der Waals surface area contributed by atoms with Gasteiger partial charge in [0.15, 0.2) is 0 Å². The van der Waals surface area contributed by atoms with E-state index in [4.69, 9.17) is 0 Å². The fraction of sp³-hybridized carbons (Fsp3) is 0.350. The van der Waals surface area contributed by atoms with Crippen molar-refractivity contribution in [3.8, 4) is 28.8 Å². The standard InChI is InChI=1S/C20H22N6O/c1-3-5-14-7-8-16(18(27)12-14)19-17-9-10-21-26(17)20(24-23-19)22-15-6-4-11-25(2)13-15/h7-10,12,15,27H,4,6,11,13H2,1-2H3,(H,22,24)/t15-/m1/s1. The second kappa shape index (κ2) is 7.25. The van der Waals surface area contributed by atoms with E-state index in [-0.39, 0.29) is 5.75 Å². The summed E-state index contributed by atoms with van der Waals surface area (Å²) in [6.07, 6.45) is 3.97. The van der Waals surface area contributed by atoms with E-state index >= 15 is 0 Å². The SMILES string of the molecule is CC#Cc1ccc(-c2nnc(N[C@@H]3CCCN(C)C3)n3nccc23)c(O)c1. The smallest absolute Gasteiger partial charge is 0.244 e. The van der Waals surface area contributed by atoms with E-state index in [1.165, 1.54) is 0 Å². The Hall–Kier alpha value is -3.11. The van der Waals surface area contributed by atoms with Crippen LogP contribution in [0.1, 0.15) is 25.3 Å².